The first-order valence-corrected chi connectivity index (χ1v) is 9.76. The van der Waals surface area contributed by atoms with Crippen molar-refractivity contribution in [2.75, 3.05) is 25.1 Å². The SMILES string of the molecule is CSCC(=O)N1CCCC(c2nccn2Cc2cscn2)C1. The second-order valence-corrected chi connectivity index (χ2v) is 7.09. The molecule has 1 aliphatic heterocycles. The van der Waals surface area contributed by atoms with Gasteiger partial charge in [0.15, 0.2) is 0 Å². The molecule has 0 bridgehead atoms. The number of hydrogen-bond donors (Lipinski definition) is 0. The van der Waals surface area contributed by atoms with Crippen molar-refractivity contribution in [3.05, 3.63) is 34.8 Å². The molecule has 1 amide bonds. The molecule has 0 radical (unpaired) electrons. The van der Waals surface area contributed by atoms with Crippen LogP contribution in [-0.4, -0.2) is 50.4 Å². The van der Waals surface area contributed by atoms with Gasteiger partial charge in [-0.1, -0.05) is 0 Å². The van der Waals surface area contributed by atoms with Crippen LogP contribution in [0.5, 0.6) is 0 Å². The van der Waals surface area contributed by atoms with E-state index in [0.717, 1.165) is 44.0 Å². The lowest BCUT2D eigenvalue weighted by atomic mass is 9.97. The van der Waals surface area contributed by atoms with Crippen LogP contribution in [0.4, 0.5) is 0 Å². The van der Waals surface area contributed by atoms with E-state index in [4.69, 9.17) is 0 Å². The number of nitrogens with zero attached hydrogens (tertiary/aromatic N) is 4. The molecule has 22 heavy (non-hydrogen) atoms. The van der Waals surface area contributed by atoms with E-state index in [2.05, 4.69) is 19.9 Å². The van der Waals surface area contributed by atoms with E-state index in [0.29, 0.717) is 11.7 Å². The molecule has 7 heteroatoms. The molecular formula is C15H20N4OS2. The molecule has 1 saturated heterocycles. The van der Waals surface area contributed by atoms with Crippen molar-refractivity contribution in [1.29, 1.82) is 0 Å². The van der Waals surface area contributed by atoms with Crippen molar-refractivity contribution in [3.8, 4) is 0 Å². The second-order valence-electron chi connectivity index (χ2n) is 5.51. The van der Waals surface area contributed by atoms with Gasteiger partial charge in [0.1, 0.15) is 5.82 Å². The van der Waals surface area contributed by atoms with Gasteiger partial charge in [-0.2, -0.15) is 11.8 Å². The molecule has 1 aliphatic rings. The molecular weight excluding hydrogens is 316 g/mol. The van der Waals surface area contributed by atoms with Crippen LogP contribution in [0.2, 0.25) is 0 Å². The molecule has 118 valence electrons. The monoisotopic (exact) mass is 336 g/mol. The molecule has 1 atom stereocenters. The van der Waals surface area contributed by atoms with Gasteiger partial charge < -0.3 is 9.47 Å². The van der Waals surface area contributed by atoms with Crippen molar-refractivity contribution < 1.29 is 4.79 Å². The Morgan fingerprint density at radius 1 is 1.50 bits per heavy atom. The molecule has 1 fully saturated rings. The second kappa shape index (κ2) is 7.28. The molecule has 0 aromatic carbocycles. The summed E-state index contributed by atoms with van der Waals surface area (Å²) in [5, 5.41) is 2.07. The molecule has 3 rings (SSSR count). The van der Waals surface area contributed by atoms with E-state index in [1.54, 1.807) is 23.1 Å². The van der Waals surface area contributed by atoms with E-state index in [9.17, 15) is 4.79 Å². The fourth-order valence-electron chi connectivity index (χ4n) is 2.93. The average Bonchev–Trinajstić information content (AvgIpc) is 3.20. The maximum absolute atomic E-state index is 12.1. The molecule has 2 aromatic heterocycles. The predicted molar refractivity (Wildman–Crippen MR) is 90.4 cm³/mol. The van der Waals surface area contributed by atoms with E-state index >= 15 is 0 Å². The van der Waals surface area contributed by atoms with Gasteiger partial charge in [0, 0.05) is 36.8 Å². The molecule has 2 aromatic rings. The summed E-state index contributed by atoms with van der Waals surface area (Å²) in [6.07, 6.45) is 7.98. The highest BCUT2D eigenvalue weighted by atomic mass is 32.2. The number of carbonyl (C=O) groups excluding carboxylic acids is 1. The zero-order valence-electron chi connectivity index (χ0n) is 12.6. The number of piperidine rings is 1. The van der Waals surface area contributed by atoms with Crippen molar-refractivity contribution in [2.24, 2.45) is 0 Å². The van der Waals surface area contributed by atoms with E-state index in [1.807, 2.05) is 29.1 Å². The van der Waals surface area contributed by atoms with Crippen LogP contribution < -0.4 is 0 Å². The molecule has 1 unspecified atom stereocenters. The third-order valence-corrected chi connectivity index (χ3v) is 5.14. The quantitative estimate of drug-likeness (QED) is 0.842. The summed E-state index contributed by atoms with van der Waals surface area (Å²) < 4.78 is 2.17. The van der Waals surface area contributed by atoms with Gasteiger partial charge in [-0.05, 0) is 19.1 Å². The maximum atomic E-state index is 12.1. The Morgan fingerprint density at radius 2 is 2.41 bits per heavy atom. The summed E-state index contributed by atoms with van der Waals surface area (Å²) in [4.78, 5) is 23.0. The Bertz CT molecular complexity index is 611. The van der Waals surface area contributed by atoms with Crippen molar-refractivity contribution in [2.45, 2.75) is 25.3 Å². The first-order valence-electron chi connectivity index (χ1n) is 7.42. The highest BCUT2D eigenvalue weighted by molar-refractivity contribution is 7.99. The number of amides is 1. The summed E-state index contributed by atoms with van der Waals surface area (Å²) >= 11 is 3.20. The first-order chi connectivity index (χ1) is 10.8. The van der Waals surface area contributed by atoms with Crippen molar-refractivity contribution in [3.63, 3.8) is 0 Å². The van der Waals surface area contributed by atoms with Gasteiger partial charge in [0.05, 0.1) is 23.5 Å². The summed E-state index contributed by atoms with van der Waals surface area (Å²) in [6.45, 7) is 2.42. The number of hydrogen-bond acceptors (Lipinski definition) is 5. The van der Waals surface area contributed by atoms with Crippen LogP contribution in [0.15, 0.2) is 23.3 Å². The molecule has 0 saturated carbocycles. The Morgan fingerprint density at radius 3 is 3.18 bits per heavy atom. The molecule has 0 spiro atoms. The maximum Gasteiger partial charge on any atom is 0.232 e. The molecule has 0 N–H and O–H groups in total. The number of thiazole rings is 1. The molecule has 5 nitrogen and oxygen atoms in total. The lowest BCUT2D eigenvalue weighted by Crippen LogP contribution is -2.40. The van der Waals surface area contributed by atoms with Crippen molar-refractivity contribution >= 4 is 29.0 Å². The van der Waals surface area contributed by atoms with Gasteiger partial charge >= 0.3 is 0 Å². The summed E-state index contributed by atoms with van der Waals surface area (Å²) in [5.74, 6) is 2.22. The topological polar surface area (TPSA) is 51.0 Å². The van der Waals surface area contributed by atoms with Crippen LogP contribution in [0.25, 0.3) is 0 Å². The Kier molecular flexibility index (Phi) is 5.15. The predicted octanol–water partition coefficient (Wildman–Crippen LogP) is 2.46. The lowest BCUT2D eigenvalue weighted by Gasteiger charge is -2.32. The van der Waals surface area contributed by atoms with E-state index < -0.39 is 0 Å². The minimum Gasteiger partial charge on any atom is -0.341 e. The standard InChI is InChI=1S/C15H20N4OS2/c1-21-10-14(20)18-5-2-3-12(7-18)15-16-4-6-19(15)8-13-9-22-11-17-13/h4,6,9,11-12H,2-3,5,7-8,10H2,1H3. The zero-order valence-corrected chi connectivity index (χ0v) is 14.3. The van der Waals surface area contributed by atoms with Crippen LogP contribution in [0.3, 0.4) is 0 Å². The number of aromatic nitrogens is 3. The third-order valence-electron chi connectivity index (χ3n) is 3.97. The fraction of sp³-hybridized carbons (Fsp3) is 0.533. The van der Waals surface area contributed by atoms with Gasteiger partial charge in [-0.3, -0.25) is 4.79 Å². The van der Waals surface area contributed by atoms with Crippen molar-refractivity contribution in [1.82, 2.24) is 19.4 Å². The van der Waals surface area contributed by atoms with Gasteiger partial charge in [-0.25, -0.2) is 9.97 Å². The zero-order chi connectivity index (χ0) is 15.4. The van der Waals surface area contributed by atoms with Crippen LogP contribution >= 0.6 is 23.1 Å². The van der Waals surface area contributed by atoms with E-state index in [-0.39, 0.29) is 5.91 Å². The number of likely N-dealkylation sites (tertiary alicyclic amines) is 1. The number of imidazole rings is 1. The summed E-state index contributed by atoms with van der Waals surface area (Å²) in [5.41, 5.74) is 2.92. The third kappa shape index (κ3) is 3.52. The normalized spacial score (nSPS) is 18.6. The summed E-state index contributed by atoms with van der Waals surface area (Å²) in [6, 6.07) is 0. The highest BCUT2D eigenvalue weighted by Gasteiger charge is 2.27. The minimum atomic E-state index is 0.245. The van der Waals surface area contributed by atoms with Gasteiger partial charge in [-0.15, -0.1) is 11.3 Å². The highest BCUT2D eigenvalue weighted by Crippen LogP contribution is 2.26. The van der Waals surface area contributed by atoms with Crippen LogP contribution in [0.1, 0.15) is 30.3 Å². The van der Waals surface area contributed by atoms with Crippen LogP contribution in [0, 0.1) is 0 Å². The van der Waals surface area contributed by atoms with Crippen LogP contribution in [-0.2, 0) is 11.3 Å². The Balaban J connectivity index is 1.71. The molecule has 3 heterocycles. The number of rotatable bonds is 5. The first kappa shape index (κ1) is 15.6. The lowest BCUT2D eigenvalue weighted by molar-refractivity contribution is -0.129. The number of carbonyl (C=O) groups is 1. The Labute approximate surface area is 138 Å². The fourth-order valence-corrected chi connectivity index (χ4v) is 3.91. The molecule has 0 aliphatic carbocycles. The van der Waals surface area contributed by atoms with E-state index in [1.165, 1.54) is 0 Å². The smallest absolute Gasteiger partial charge is 0.232 e. The van der Waals surface area contributed by atoms with Gasteiger partial charge in [0.2, 0.25) is 5.91 Å². The number of thioether (sulfide) groups is 1. The minimum absolute atomic E-state index is 0.245. The van der Waals surface area contributed by atoms with Gasteiger partial charge in [0.25, 0.3) is 0 Å². The average molecular weight is 336 g/mol. The Hall–Kier alpha value is -1.34. The largest absolute Gasteiger partial charge is 0.341 e. The summed E-state index contributed by atoms with van der Waals surface area (Å²) in [7, 11) is 0.